The Hall–Kier alpha value is -2.53. The monoisotopic (exact) mass is 284 g/mol. The molecule has 3 rings (SSSR count). The van der Waals surface area contributed by atoms with Crippen LogP contribution in [0.15, 0.2) is 48.9 Å². The summed E-state index contributed by atoms with van der Waals surface area (Å²) in [6.45, 7) is 0. The summed E-state index contributed by atoms with van der Waals surface area (Å²) in [7, 11) is 0. The van der Waals surface area contributed by atoms with Crippen LogP contribution in [0.25, 0.3) is 10.9 Å². The highest BCUT2D eigenvalue weighted by Crippen LogP contribution is 2.17. The zero-order valence-electron chi connectivity index (χ0n) is 10.2. The lowest BCUT2D eigenvalue weighted by atomic mass is 10.1. The summed E-state index contributed by atoms with van der Waals surface area (Å²) in [5, 5.41) is 3.74. The van der Waals surface area contributed by atoms with Gasteiger partial charge in [0.15, 0.2) is 5.82 Å². The number of anilines is 1. The molecule has 0 bridgehead atoms. The SMILES string of the molecule is O=C(Nc1cnc(Cl)cn1)c1ccnc2ccccc12. The molecule has 1 aromatic carbocycles. The number of nitrogens with one attached hydrogen (secondary N) is 1. The fourth-order valence-corrected chi connectivity index (χ4v) is 1.95. The van der Waals surface area contributed by atoms with Gasteiger partial charge in [0.25, 0.3) is 5.91 Å². The number of carbonyl (C=O) groups is 1. The molecule has 2 aromatic heterocycles. The van der Waals surface area contributed by atoms with E-state index in [4.69, 9.17) is 11.6 Å². The van der Waals surface area contributed by atoms with Crippen LogP contribution < -0.4 is 5.32 Å². The Labute approximate surface area is 119 Å². The number of amides is 1. The molecule has 1 N–H and O–H groups in total. The molecule has 20 heavy (non-hydrogen) atoms. The average molecular weight is 285 g/mol. The van der Waals surface area contributed by atoms with Gasteiger partial charge in [0.1, 0.15) is 5.15 Å². The van der Waals surface area contributed by atoms with Gasteiger partial charge in [0, 0.05) is 11.6 Å². The highest BCUT2D eigenvalue weighted by atomic mass is 35.5. The van der Waals surface area contributed by atoms with Crippen molar-refractivity contribution in [1.82, 2.24) is 15.0 Å². The summed E-state index contributed by atoms with van der Waals surface area (Å²) in [5.41, 5.74) is 1.30. The van der Waals surface area contributed by atoms with E-state index < -0.39 is 0 Å². The number of pyridine rings is 1. The standard InChI is InChI=1S/C14H9ClN4O/c15-12-7-18-13(8-17-12)19-14(20)10-5-6-16-11-4-2-1-3-9(10)11/h1-8H,(H,18,19,20). The molecule has 6 heteroatoms. The summed E-state index contributed by atoms with van der Waals surface area (Å²) in [5.74, 6) is 0.0838. The molecule has 0 aliphatic rings. The highest BCUT2D eigenvalue weighted by molar-refractivity contribution is 6.29. The molecule has 0 unspecified atom stereocenters. The van der Waals surface area contributed by atoms with E-state index >= 15 is 0 Å². The van der Waals surface area contributed by atoms with E-state index in [2.05, 4.69) is 20.3 Å². The van der Waals surface area contributed by atoms with Crippen molar-refractivity contribution in [3.63, 3.8) is 0 Å². The van der Waals surface area contributed by atoms with E-state index in [1.807, 2.05) is 24.3 Å². The molecule has 0 saturated carbocycles. The first-order valence-corrected chi connectivity index (χ1v) is 6.24. The van der Waals surface area contributed by atoms with Crippen LogP contribution in [0.4, 0.5) is 5.82 Å². The number of fused-ring (bicyclic) bond motifs is 1. The molecule has 1 amide bonds. The molecule has 0 fully saturated rings. The third kappa shape index (κ3) is 2.44. The maximum Gasteiger partial charge on any atom is 0.257 e. The van der Waals surface area contributed by atoms with Crippen molar-refractivity contribution >= 4 is 34.2 Å². The number of benzene rings is 1. The molecular formula is C14H9ClN4O. The van der Waals surface area contributed by atoms with Crippen LogP contribution in [0, 0.1) is 0 Å². The van der Waals surface area contributed by atoms with Gasteiger partial charge in [-0.15, -0.1) is 0 Å². The Morgan fingerprint density at radius 2 is 1.90 bits per heavy atom. The predicted molar refractivity (Wildman–Crippen MR) is 76.7 cm³/mol. The van der Waals surface area contributed by atoms with Crippen LogP contribution in [-0.2, 0) is 0 Å². The topological polar surface area (TPSA) is 67.8 Å². The summed E-state index contributed by atoms with van der Waals surface area (Å²) in [6, 6.07) is 9.12. The van der Waals surface area contributed by atoms with Crippen molar-refractivity contribution in [3.05, 3.63) is 59.6 Å². The second kappa shape index (κ2) is 5.22. The molecule has 2 heterocycles. The molecule has 5 nitrogen and oxygen atoms in total. The minimum absolute atomic E-state index is 0.264. The van der Waals surface area contributed by atoms with Gasteiger partial charge >= 0.3 is 0 Å². The van der Waals surface area contributed by atoms with E-state index in [1.165, 1.54) is 12.4 Å². The third-order valence-electron chi connectivity index (χ3n) is 2.76. The zero-order chi connectivity index (χ0) is 13.9. The molecule has 3 aromatic rings. The largest absolute Gasteiger partial charge is 0.305 e. The molecule has 0 aliphatic heterocycles. The van der Waals surface area contributed by atoms with Gasteiger partial charge in [0.2, 0.25) is 0 Å². The third-order valence-corrected chi connectivity index (χ3v) is 2.95. The molecule has 0 spiro atoms. The van der Waals surface area contributed by atoms with Crippen molar-refractivity contribution < 1.29 is 4.79 Å². The second-order valence-corrected chi connectivity index (χ2v) is 4.44. The number of para-hydroxylation sites is 1. The van der Waals surface area contributed by atoms with Crippen molar-refractivity contribution in [3.8, 4) is 0 Å². The first-order chi connectivity index (χ1) is 9.74. The van der Waals surface area contributed by atoms with E-state index in [0.29, 0.717) is 11.4 Å². The smallest absolute Gasteiger partial charge is 0.257 e. The molecule has 0 atom stereocenters. The average Bonchev–Trinajstić information content (AvgIpc) is 2.49. The van der Waals surface area contributed by atoms with E-state index in [1.54, 1.807) is 12.3 Å². The Bertz CT molecular complexity index is 768. The highest BCUT2D eigenvalue weighted by Gasteiger charge is 2.11. The van der Waals surface area contributed by atoms with Crippen LogP contribution in [-0.4, -0.2) is 20.9 Å². The van der Waals surface area contributed by atoms with Crippen molar-refractivity contribution in [2.75, 3.05) is 5.32 Å². The Morgan fingerprint density at radius 3 is 2.70 bits per heavy atom. The molecule has 0 aliphatic carbocycles. The van der Waals surface area contributed by atoms with Gasteiger partial charge in [-0.1, -0.05) is 29.8 Å². The van der Waals surface area contributed by atoms with Crippen molar-refractivity contribution in [2.45, 2.75) is 0 Å². The van der Waals surface area contributed by atoms with E-state index in [9.17, 15) is 4.79 Å². The Morgan fingerprint density at radius 1 is 1.05 bits per heavy atom. The zero-order valence-corrected chi connectivity index (χ0v) is 11.0. The number of aromatic nitrogens is 3. The maximum absolute atomic E-state index is 12.3. The van der Waals surface area contributed by atoms with Crippen LogP contribution in [0.2, 0.25) is 5.15 Å². The van der Waals surface area contributed by atoms with Gasteiger partial charge in [-0.2, -0.15) is 0 Å². The predicted octanol–water partition coefficient (Wildman–Crippen LogP) is 2.93. The van der Waals surface area contributed by atoms with Crippen molar-refractivity contribution in [2.24, 2.45) is 0 Å². The van der Waals surface area contributed by atoms with Crippen LogP contribution in [0.5, 0.6) is 0 Å². The van der Waals surface area contributed by atoms with Gasteiger partial charge < -0.3 is 5.32 Å². The van der Waals surface area contributed by atoms with Gasteiger partial charge in [-0.3, -0.25) is 9.78 Å². The molecule has 0 radical (unpaired) electrons. The van der Waals surface area contributed by atoms with Crippen LogP contribution in [0.3, 0.4) is 0 Å². The van der Waals surface area contributed by atoms with Crippen LogP contribution >= 0.6 is 11.6 Å². The maximum atomic E-state index is 12.3. The summed E-state index contributed by atoms with van der Waals surface area (Å²) >= 11 is 5.65. The van der Waals surface area contributed by atoms with E-state index in [-0.39, 0.29) is 11.1 Å². The van der Waals surface area contributed by atoms with Gasteiger partial charge in [-0.25, -0.2) is 9.97 Å². The quantitative estimate of drug-likeness (QED) is 0.785. The number of carbonyl (C=O) groups excluding carboxylic acids is 1. The normalized spacial score (nSPS) is 10.4. The fraction of sp³-hybridized carbons (Fsp3) is 0. The summed E-state index contributed by atoms with van der Waals surface area (Å²) in [4.78, 5) is 24.3. The first kappa shape index (κ1) is 12.5. The lowest BCUT2D eigenvalue weighted by molar-refractivity contribution is 0.102. The Kier molecular flexibility index (Phi) is 3.26. The Balaban J connectivity index is 1.94. The lowest BCUT2D eigenvalue weighted by Gasteiger charge is -2.06. The number of rotatable bonds is 2. The number of hydrogen-bond acceptors (Lipinski definition) is 4. The minimum Gasteiger partial charge on any atom is -0.305 e. The number of halogens is 1. The van der Waals surface area contributed by atoms with Crippen molar-refractivity contribution in [1.29, 1.82) is 0 Å². The van der Waals surface area contributed by atoms with Gasteiger partial charge in [-0.05, 0) is 12.1 Å². The van der Waals surface area contributed by atoms with Gasteiger partial charge in [0.05, 0.1) is 23.5 Å². The summed E-state index contributed by atoms with van der Waals surface area (Å²) < 4.78 is 0. The molecule has 0 saturated heterocycles. The molecule has 98 valence electrons. The van der Waals surface area contributed by atoms with E-state index in [0.717, 1.165) is 10.9 Å². The van der Waals surface area contributed by atoms with Crippen LogP contribution in [0.1, 0.15) is 10.4 Å². The first-order valence-electron chi connectivity index (χ1n) is 5.87. The fourth-order valence-electron chi connectivity index (χ4n) is 1.85. The summed E-state index contributed by atoms with van der Waals surface area (Å²) in [6.07, 6.45) is 4.39. The lowest BCUT2D eigenvalue weighted by Crippen LogP contribution is -2.13. The number of nitrogens with zero attached hydrogens (tertiary/aromatic N) is 3. The second-order valence-electron chi connectivity index (χ2n) is 4.05. The molecular weight excluding hydrogens is 276 g/mol. The minimum atomic E-state index is -0.264. The number of hydrogen-bond donors (Lipinski definition) is 1.